The van der Waals surface area contributed by atoms with Crippen LogP contribution in [0.1, 0.15) is 22.8 Å². The molecule has 0 aliphatic heterocycles. The van der Waals surface area contributed by atoms with Crippen molar-refractivity contribution in [3.63, 3.8) is 0 Å². The number of nitriles is 1. The smallest absolute Gasteiger partial charge is 0.337 e. The molecule has 0 aromatic heterocycles. The van der Waals surface area contributed by atoms with Crippen LogP contribution in [0.15, 0.2) is 23.1 Å². The molecule has 0 spiro atoms. The molecule has 1 rings (SSSR count). The summed E-state index contributed by atoms with van der Waals surface area (Å²) in [6, 6.07) is 6.71. The predicted octanol–water partition coefficient (Wildman–Crippen LogP) is 2.76. The first-order valence-electron chi connectivity index (χ1n) is 5.08. The summed E-state index contributed by atoms with van der Waals surface area (Å²) < 4.78 is 10.1. The van der Waals surface area contributed by atoms with Gasteiger partial charge in [-0.1, -0.05) is 0 Å². The second kappa shape index (κ2) is 6.99. The molecule has 0 heterocycles. The summed E-state index contributed by atoms with van der Waals surface area (Å²) in [6.07, 6.45) is 0. The fraction of sp³-hybridized carbons (Fsp3) is 0.250. The van der Waals surface area contributed by atoms with E-state index in [-0.39, 0.29) is 0 Å². The topological polar surface area (TPSA) is 59.3 Å². The van der Waals surface area contributed by atoms with Crippen molar-refractivity contribution in [1.82, 2.24) is 0 Å². The Morgan fingerprint density at radius 3 is 2.78 bits per heavy atom. The zero-order chi connectivity index (χ0) is 13.5. The van der Waals surface area contributed by atoms with Crippen LogP contribution in [0.25, 0.3) is 0 Å². The number of hydrogen-bond donors (Lipinski definition) is 0. The van der Waals surface area contributed by atoms with E-state index in [0.29, 0.717) is 27.0 Å². The molecule has 0 aliphatic carbocycles. The van der Waals surface area contributed by atoms with Gasteiger partial charge in [-0.3, -0.25) is 0 Å². The van der Waals surface area contributed by atoms with E-state index >= 15 is 0 Å². The molecule has 0 saturated heterocycles. The molecule has 0 aliphatic rings. The Morgan fingerprint density at radius 2 is 2.22 bits per heavy atom. The van der Waals surface area contributed by atoms with Crippen molar-refractivity contribution < 1.29 is 14.3 Å². The van der Waals surface area contributed by atoms with Gasteiger partial charge < -0.3 is 9.47 Å². The molecule has 4 nitrogen and oxygen atoms in total. The van der Waals surface area contributed by atoms with Crippen LogP contribution in [0.5, 0.6) is 0 Å². The first-order chi connectivity index (χ1) is 8.60. The molecule has 1 aromatic rings. The minimum Gasteiger partial charge on any atom is -0.479 e. The van der Waals surface area contributed by atoms with Crippen LogP contribution >= 0.6 is 24.0 Å². The molecule has 6 heteroatoms. The third kappa shape index (κ3) is 4.02. The summed E-state index contributed by atoms with van der Waals surface area (Å²) in [5.41, 5.74) is 0.693. The van der Waals surface area contributed by atoms with Crippen molar-refractivity contribution in [2.75, 3.05) is 13.7 Å². The highest BCUT2D eigenvalue weighted by Gasteiger charge is 2.10. The summed E-state index contributed by atoms with van der Waals surface area (Å²) in [6.45, 7) is 2.31. The number of nitrogens with zero attached hydrogens (tertiary/aromatic N) is 1. The Hall–Kier alpha value is -1.58. The minimum absolute atomic E-state index is 0.318. The average Bonchev–Trinajstić information content (AvgIpc) is 2.37. The number of esters is 1. The molecule has 0 amide bonds. The number of ether oxygens (including phenoxy) is 2. The molecule has 94 valence electrons. The van der Waals surface area contributed by atoms with E-state index in [4.69, 9.17) is 22.2 Å². The van der Waals surface area contributed by atoms with Crippen molar-refractivity contribution in [3.8, 4) is 6.07 Å². The number of thiocarbonyl (C=S) groups is 1. The van der Waals surface area contributed by atoms with Gasteiger partial charge in [0.1, 0.15) is 0 Å². The molecular formula is C12H11NO3S2. The van der Waals surface area contributed by atoms with Crippen molar-refractivity contribution in [2.45, 2.75) is 11.8 Å². The molecule has 0 N–H and O–H groups in total. The lowest BCUT2D eigenvalue weighted by Crippen LogP contribution is -2.02. The van der Waals surface area contributed by atoms with E-state index in [9.17, 15) is 4.79 Å². The van der Waals surface area contributed by atoms with Crippen molar-refractivity contribution in [2.24, 2.45) is 0 Å². The van der Waals surface area contributed by atoms with E-state index in [0.717, 1.165) is 0 Å². The van der Waals surface area contributed by atoms with Crippen molar-refractivity contribution >= 4 is 34.3 Å². The molecule has 1 aromatic carbocycles. The van der Waals surface area contributed by atoms with E-state index < -0.39 is 5.97 Å². The molecule has 0 fully saturated rings. The van der Waals surface area contributed by atoms with Gasteiger partial charge in [-0.2, -0.15) is 5.26 Å². The summed E-state index contributed by atoms with van der Waals surface area (Å²) >= 11 is 6.18. The van der Waals surface area contributed by atoms with E-state index in [2.05, 4.69) is 4.74 Å². The quantitative estimate of drug-likeness (QED) is 0.482. The van der Waals surface area contributed by atoms with Gasteiger partial charge in [-0.15, -0.1) is 0 Å². The number of hydrogen-bond acceptors (Lipinski definition) is 6. The van der Waals surface area contributed by atoms with E-state index in [1.807, 2.05) is 13.0 Å². The lowest BCUT2D eigenvalue weighted by Gasteiger charge is -2.06. The Labute approximate surface area is 115 Å². The highest BCUT2D eigenvalue weighted by atomic mass is 32.2. The SMILES string of the molecule is CCOC(=S)Sc1cc(C#N)cc(C(=O)OC)c1. The Bertz CT molecular complexity index is 509. The Kier molecular flexibility index (Phi) is 5.62. The molecular weight excluding hydrogens is 270 g/mol. The van der Waals surface area contributed by atoms with Crippen molar-refractivity contribution in [3.05, 3.63) is 29.3 Å². The molecule has 18 heavy (non-hydrogen) atoms. The highest BCUT2D eigenvalue weighted by molar-refractivity contribution is 8.22. The summed E-state index contributed by atoms with van der Waals surface area (Å²) in [7, 11) is 1.29. The van der Waals surface area contributed by atoms with Crippen LogP contribution in [0.4, 0.5) is 0 Å². The largest absolute Gasteiger partial charge is 0.479 e. The number of carbonyl (C=O) groups excluding carboxylic acids is 1. The lowest BCUT2D eigenvalue weighted by atomic mass is 10.1. The molecule has 0 unspecified atom stereocenters. The standard InChI is InChI=1S/C12H11NO3S2/c1-3-16-12(17)18-10-5-8(7-13)4-9(6-10)11(14)15-2/h4-6H,3H2,1-2H3. The number of rotatable bonds is 3. The van der Waals surface area contributed by atoms with Crippen LogP contribution in [-0.2, 0) is 9.47 Å². The van der Waals surface area contributed by atoms with Crippen LogP contribution in [0.2, 0.25) is 0 Å². The van der Waals surface area contributed by atoms with Crippen molar-refractivity contribution in [1.29, 1.82) is 5.26 Å². The number of benzene rings is 1. The Morgan fingerprint density at radius 1 is 1.50 bits per heavy atom. The summed E-state index contributed by atoms with van der Waals surface area (Å²) in [4.78, 5) is 12.1. The molecule has 0 radical (unpaired) electrons. The normalized spacial score (nSPS) is 9.39. The van der Waals surface area contributed by atoms with Gasteiger partial charge in [0.05, 0.1) is 30.9 Å². The zero-order valence-electron chi connectivity index (χ0n) is 9.93. The van der Waals surface area contributed by atoms with Gasteiger partial charge in [0.2, 0.25) is 4.38 Å². The maximum absolute atomic E-state index is 11.4. The molecule has 0 atom stereocenters. The van der Waals surface area contributed by atoms with Gasteiger partial charge >= 0.3 is 5.97 Å². The van der Waals surface area contributed by atoms with Crippen LogP contribution < -0.4 is 0 Å². The molecule has 0 saturated carbocycles. The fourth-order valence-corrected chi connectivity index (χ4v) is 2.35. The van der Waals surface area contributed by atoms with Crippen LogP contribution in [-0.4, -0.2) is 24.1 Å². The van der Waals surface area contributed by atoms with Gasteiger partial charge in [0, 0.05) is 4.90 Å². The van der Waals surface area contributed by atoms with Gasteiger partial charge in [-0.05, 0) is 49.1 Å². The summed E-state index contributed by atoms with van der Waals surface area (Å²) in [5, 5.41) is 8.90. The first kappa shape index (κ1) is 14.5. The highest BCUT2D eigenvalue weighted by Crippen LogP contribution is 2.23. The lowest BCUT2D eigenvalue weighted by molar-refractivity contribution is 0.0600. The van der Waals surface area contributed by atoms with Gasteiger partial charge in [0.25, 0.3) is 0 Å². The number of thioether (sulfide) groups is 1. The predicted molar refractivity (Wildman–Crippen MR) is 72.6 cm³/mol. The van der Waals surface area contributed by atoms with Crippen LogP contribution in [0, 0.1) is 11.3 Å². The average molecular weight is 281 g/mol. The molecule has 0 bridgehead atoms. The first-order valence-corrected chi connectivity index (χ1v) is 6.31. The Balaban J connectivity index is 3.01. The monoisotopic (exact) mass is 281 g/mol. The minimum atomic E-state index is -0.490. The third-order valence-corrected chi connectivity index (χ3v) is 3.04. The summed E-state index contributed by atoms with van der Waals surface area (Å²) in [5.74, 6) is -0.490. The van der Waals surface area contributed by atoms with Crippen LogP contribution in [0.3, 0.4) is 0 Å². The third-order valence-electron chi connectivity index (χ3n) is 1.92. The second-order valence-corrected chi connectivity index (χ2v) is 4.81. The number of carbonyl (C=O) groups is 1. The number of methoxy groups -OCH3 is 1. The van der Waals surface area contributed by atoms with Gasteiger partial charge in [-0.25, -0.2) is 4.79 Å². The maximum Gasteiger partial charge on any atom is 0.337 e. The van der Waals surface area contributed by atoms with E-state index in [1.165, 1.54) is 24.9 Å². The van der Waals surface area contributed by atoms with Gasteiger partial charge in [0.15, 0.2) is 0 Å². The maximum atomic E-state index is 11.4. The van der Waals surface area contributed by atoms with E-state index in [1.54, 1.807) is 12.1 Å². The zero-order valence-corrected chi connectivity index (χ0v) is 11.6. The second-order valence-electron chi connectivity index (χ2n) is 3.13. The fourth-order valence-electron chi connectivity index (χ4n) is 1.20.